The van der Waals surface area contributed by atoms with Gasteiger partial charge in [-0.05, 0) is 32.4 Å². The Bertz CT molecular complexity index is 269. The molecule has 0 aliphatic heterocycles. The van der Waals surface area contributed by atoms with Crippen molar-refractivity contribution >= 4 is 5.91 Å². The number of unbranched alkanes of at least 4 members (excludes halogenated alkanes) is 12. The summed E-state index contributed by atoms with van der Waals surface area (Å²) in [5, 5.41) is 6.38. The van der Waals surface area contributed by atoms with Crippen molar-refractivity contribution in [2.45, 2.75) is 117 Å². The fourth-order valence-corrected chi connectivity index (χ4v) is 3.13. The first kappa shape index (κ1) is 24.4. The molecule has 0 saturated heterocycles. The number of carbonyl (C=O) groups excluding carboxylic acids is 1. The van der Waals surface area contributed by atoms with Crippen LogP contribution in [0.25, 0.3) is 0 Å². The van der Waals surface area contributed by atoms with Crippen LogP contribution in [0.15, 0.2) is 0 Å². The van der Waals surface area contributed by atoms with Crippen LogP contribution < -0.4 is 10.6 Å². The Balaban J connectivity index is 3.11. The zero-order valence-electron chi connectivity index (χ0n) is 17.3. The molecule has 0 bridgehead atoms. The van der Waals surface area contributed by atoms with Crippen LogP contribution in [-0.4, -0.2) is 25.5 Å². The summed E-state index contributed by atoms with van der Waals surface area (Å²) in [5.41, 5.74) is 0. The second-order valence-electron chi connectivity index (χ2n) is 7.45. The zero-order valence-corrected chi connectivity index (χ0v) is 17.3. The summed E-state index contributed by atoms with van der Waals surface area (Å²) >= 11 is 0. The lowest BCUT2D eigenvalue weighted by molar-refractivity contribution is -0.121. The standard InChI is InChI=1S/C22H46N2O/c1-3-5-6-7-8-9-10-11-12-13-14-15-16-18-22(25)24-21-17-20-23-19-4-2/h23H,3-21H2,1-2H3,(H,24,25). The van der Waals surface area contributed by atoms with Gasteiger partial charge in [0.15, 0.2) is 0 Å². The van der Waals surface area contributed by atoms with Crippen LogP contribution in [0, 0.1) is 0 Å². The van der Waals surface area contributed by atoms with Gasteiger partial charge in [0, 0.05) is 13.0 Å². The topological polar surface area (TPSA) is 41.1 Å². The minimum absolute atomic E-state index is 0.235. The lowest BCUT2D eigenvalue weighted by atomic mass is 10.0. The average Bonchev–Trinajstić information content (AvgIpc) is 2.62. The highest BCUT2D eigenvalue weighted by atomic mass is 16.1. The predicted octanol–water partition coefficient (Wildman–Crippen LogP) is 5.97. The molecular formula is C22H46N2O. The summed E-state index contributed by atoms with van der Waals surface area (Å²) in [6.45, 7) is 7.35. The highest BCUT2D eigenvalue weighted by molar-refractivity contribution is 5.75. The van der Waals surface area contributed by atoms with Gasteiger partial charge in [-0.15, -0.1) is 0 Å². The van der Waals surface area contributed by atoms with Crippen molar-refractivity contribution in [1.29, 1.82) is 0 Å². The molecule has 3 heteroatoms. The number of amides is 1. The first-order valence-electron chi connectivity index (χ1n) is 11.3. The first-order chi connectivity index (χ1) is 12.3. The van der Waals surface area contributed by atoms with Crippen LogP contribution >= 0.6 is 0 Å². The number of carbonyl (C=O) groups is 1. The predicted molar refractivity (Wildman–Crippen MR) is 111 cm³/mol. The van der Waals surface area contributed by atoms with Crippen molar-refractivity contribution in [1.82, 2.24) is 10.6 Å². The van der Waals surface area contributed by atoms with Crippen LogP contribution in [0.2, 0.25) is 0 Å². The van der Waals surface area contributed by atoms with Gasteiger partial charge in [0.1, 0.15) is 0 Å². The fourth-order valence-electron chi connectivity index (χ4n) is 3.13. The summed E-state index contributed by atoms with van der Waals surface area (Å²) in [6, 6.07) is 0. The monoisotopic (exact) mass is 354 g/mol. The van der Waals surface area contributed by atoms with Crippen LogP contribution in [-0.2, 0) is 4.79 Å². The van der Waals surface area contributed by atoms with E-state index in [1.54, 1.807) is 0 Å². The highest BCUT2D eigenvalue weighted by Crippen LogP contribution is 2.12. The van der Waals surface area contributed by atoms with E-state index in [0.29, 0.717) is 6.42 Å². The van der Waals surface area contributed by atoms with Gasteiger partial charge < -0.3 is 10.6 Å². The molecule has 25 heavy (non-hydrogen) atoms. The highest BCUT2D eigenvalue weighted by Gasteiger charge is 2.00. The van der Waals surface area contributed by atoms with Crippen LogP contribution in [0.5, 0.6) is 0 Å². The summed E-state index contributed by atoms with van der Waals surface area (Å²) in [5.74, 6) is 0.235. The van der Waals surface area contributed by atoms with Crippen molar-refractivity contribution in [3.05, 3.63) is 0 Å². The molecule has 0 aromatic carbocycles. The van der Waals surface area contributed by atoms with Crippen LogP contribution in [0.3, 0.4) is 0 Å². The van der Waals surface area contributed by atoms with E-state index in [1.165, 1.54) is 83.5 Å². The zero-order chi connectivity index (χ0) is 18.4. The minimum atomic E-state index is 0.235. The van der Waals surface area contributed by atoms with Crippen molar-refractivity contribution < 1.29 is 4.79 Å². The third-order valence-corrected chi connectivity index (χ3v) is 4.79. The van der Waals surface area contributed by atoms with Gasteiger partial charge in [0.05, 0.1) is 0 Å². The smallest absolute Gasteiger partial charge is 0.219 e. The summed E-state index contributed by atoms with van der Waals surface area (Å²) < 4.78 is 0. The van der Waals surface area contributed by atoms with Gasteiger partial charge in [-0.1, -0.05) is 90.9 Å². The summed E-state index contributed by atoms with van der Waals surface area (Å²) in [4.78, 5) is 11.7. The third kappa shape index (κ3) is 21.4. The minimum Gasteiger partial charge on any atom is -0.356 e. The van der Waals surface area contributed by atoms with E-state index in [-0.39, 0.29) is 5.91 Å². The molecule has 0 aromatic rings. The van der Waals surface area contributed by atoms with Gasteiger partial charge in [0.2, 0.25) is 5.91 Å². The van der Waals surface area contributed by atoms with E-state index >= 15 is 0 Å². The third-order valence-electron chi connectivity index (χ3n) is 4.79. The summed E-state index contributed by atoms with van der Waals surface area (Å²) in [6.07, 6.45) is 20.5. The second kappa shape index (κ2) is 21.5. The largest absolute Gasteiger partial charge is 0.356 e. The Labute approximate surface area is 158 Å². The van der Waals surface area contributed by atoms with Crippen molar-refractivity contribution in [3.63, 3.8) is 0 Å². The molecule has 0 aliphatic carbocycles. The first-order valence-corrected chi connectivity index (χ1v) is 11.3. The number of nitrogens with one attached hydrogen (secondary N) is 2. The van der Waals surface area contributed by atoms with Gasteiger partial charge in [-0.3, -0.25) is 4.79 Å². The van der Waals surface area contributed by atoms with Crippen molar-refractivity contribution in [3.8, 4) is 0 Å². The Morgan fingerprint density at radius 3 is 1.60 bits per heavy atom. The van der Waals surface area contributed by atoms with E-state index in [0.717, 1.165) is 32.5 Å². The lowest BCUT2D eigenvalue weighted by Gasteiger charge is -2.06. The van der Waals surface area contributed by atoms with E-state index in [9.17, 15) is 4.79 Å². The normalized spacial score (nSPS) is 11.0. The van der Waals surface area contributed by atoms with Crippen LogP contribution in [0.1, 0.15) is 117 Å². The number of hydrogen-bond donors (Lipinski definition) is 2. The molecule has 0 radical (unpaired) electrons. The molecule has 1 amide bonds. The average molecular weight is 355 g/mol. The van der Waals surface area contributed by atoms with Gasteiger partial charge in [-0.2, -0.15) is 0 Å². The molecule has 0 rings (SSSR count). The molecule has 0 unspecified atom stereocenters. The van der Waals surface area contributed by atoms with E-state index < -0.39 is 0 Å². The Morgan fingerprint density at radius 2 is 1.08 bits per heavy atom. The lowest BCUT2D eigenvalue weighted by Crippen LogP contribution is -2.27. The van der Waals surface area contributed by atoms with Gasteiger partial charge >= 0.3 is 0 Å². The maximum atomic E-state index is 11.7. The maximum absolute atomic E-state index is 11.7. The molecule has 0 saturated carbocycles. The molecule has 3 nitrogen and oxygen atoms in total. The second-order valence-corrected chi connectivity index (χ2v) is 7.45. The molecule has 0 heterocycles. The summed E-state index contributed by atoms with van der Waals surface area (Å²) in [7, 11) is 0. The number of rotatable bonds is 20. The molecular weight excluding hydrogens is 308 g/mol. The van der Waals surface area contributed by atoms with Gasteiger partial charge in [0.25, 0.3) is 0 Å². The van der Waals surface area contributed by atoms with Crippen molar-refractivity contribution in [2.24, 2.45) is 0 Å². The maximum Gasteiger partial charge on any atom is 0.219 e. The quantitative estimate of drug-likeness (QED) is 0.264. The molecule has 0 fully saturated rings. The SMILES string of the molecule is CCCCCCCCCCCCCCCC(=O)NCCCNCCC. The van der Waals surface area contributed by atoms with Crippen molar-refractivity contribution in [2.75, 3.05) is 19.6 Å². The molecule has 2 N–H and O–H groups in total. The fraction of sp³-hybridized carbons (Fsp3) is 0.955. The Morgan fingerprint density at radius 1 is 0.560 bits per heavy atom. The Hall–Kier alpha value is -0.570. The molecule has 150 valence electrons. The molecule has 0 spiro atoms. The van der Waals surface area contributed by atoms with E-state index in [1.807, 2.05) is 0 Å². The Kier molecular flexibility index (Phi) is 21.0. The van der Waals surface area contributed by atoms with E-state index in [2.05, 4.69) is 24.5 Å². The van der Waals surface area contributed by atoms with Gasteiger partial charge in [-0.25, -0.2) is 0 Å². The molecule has 0 aliphatic rings. The molecule has 0 aromatic heterocycles. The number of hydrogen-bond acceptors (Lipinski definition) is 2. The van der Waals surface area contributed by atoms with E-state index in [4.69, 9.17) is 0 Å². The van der Waals surface area contributed by atoms with Crippen LogP contribution in [0.4, 0.5) is 0 Å². The molecule has 0 atom stereocenters.